The summed E-state index contributed by atoms with van der Waals surface area (Å²) in [6.07, 6.45) is 1.96. The molecule has 0 aromatic heterocycles. The molecule has 24 nitrogen and oxygen atoms in total. The van der Waals surface area contributed by atoms with Gasteiger partial charge >= 0.3 is 0 Å². The minimum absolute atomic E-state index is 0.0242. The van der Waals surface area contributed by atoms with E-state index in [9.17, 15) is 63.3 Å². The fourth-order valence-corrected chi connectivity index (χ4v) is 13.1. The highest BCUT2D eigenvalue weighted by Gasteiger charge is 2.45. The molecular weight excluding hydrogens is 1050 g/mol. The van der Waals surface area contributed by atoms with Crippen LogP contribution < -0.4 is 54.4 Å². The molecule has 10 atom stereocenters. The number of nitrogens with zero attached hydrogens (tertiary/aromatic N) is 1. The van der Waals surface area contributed by atoms with Crippen LogP contribution in [0.1, 0.15) is 122 Å². The van der Waals surface area contributed by atoms with Gasteiger partial charge in [-0.05, 0) is 100 Å². The van der Waals surface area contributed by atoms with Gasteiger partial charge < -0.3 is 74.6 Å². The van der Waals surface area contributed by atoms with Gasteiger partial charge in [0.05, 0.1) is 12.5 Å². The third kappa shape index (κ3) is 16.5. The standard InChI is InChI=1S/C52H75N11O13S2/c1-5-28(2)40-47(73)59-41(29(3)64)48(74)57-35(25-38(54)67)45(71)58-36(27-77-78-52(21-7-6-8-22-52)26-39(68)62-51(4,50(76)61-40)31-15-19-33(66)20-16-31)49(75)63-24-10-12-37(63)46(72)56-34(11-9-23-53)44(70)60-42(43(55)69)30-13-17-32(65)18-14-30/h13-20,28-29,34-37,40-42,64-66H,5-12,21-27,53H2,1-4H3,(H2,54,67)(H2,55,69)(H,56,72)(H,57,74)(H,58,71)(H,59,73)(H,60,70)(H,61,76)(H,62,68)/t28?,29?,34-,35+,36+,37+,40+,41+,42-,51+/m0/s1. The maximum absolute atomic E-state index is 15.0. The average molecular weight is 1130 g/mol. The number of nitrogens with two attached hydrogens (primary N) is 3. The Morgan fingerprint density at radius 1 is 0.821 bits per heavy atom. The van der Waals surface area contributed by atoms with Crippen molar-refractivity contribution in [3.05, 3.63) is 59.7 Å². The molecule has 428 valence electrons. The molecule has 3 aliphatic rings. The van der Waals surface area contributed by atoms with E-state index in [4.69, 9.17) is 17.2 Å². The third-order valence-corrected chi connectivity index (χ3v) is 17.8. The summed E-state index contributed by atoms with van der Waals surface area (Å²) in [5.41, 5.74) is 15.7. The second-order valence-electron chi connectivity index (χ2n) is 20.5. The molecule has 2 unspecified atom stereocenters. The number of rotatable bonds is 16. The molecule has 2 aliphatic heterocycles. The largest absolute Gasteiger partial charge is 0.508 e. The number of phenols is 2. The fourth-order valence-electron chi connectivity index (χ4n) is 9.73. The molecule has 5 rings (SSSR count). The molecule has 2 aromatic carbocycles. The summed E-state index contributed by atoms with van der Waals surface area (Å²) in [6.45, 7) is 6.24. The Kier molecular flexibility index (Phi) is 22.6. The number of primary amides is 2. The summed E-state index contributed by atoms with van der Waals surface area (Å²) < 4.78 is -0.777. The zero-order valence-corrected chi connectivity index (χ0v) is 46.0. The van der Waals surface area contributed by atoms with Gasteiger partial charge in [0.1, 0.15) is 59.3 Å². The maximum Gasteiger partial charge on any atom is 0.250 e. The number of benzene rings is 2. The van der Waals surface area contributed by atoms with E-state index in [2.05, 4.69) is 37.2 Å². The molecule has 1 saturated carbocycles. The van der Waals surface area contributed by atoms with Crippen LogP contribution in [0.5, 0.6) is 11.5 Å². The molecule has 2 aromatic rings. The van der Waals surface area contributed by atoms with Crippen LogP contribution in [0.25, 0.3) is 0 Å². The topological polar surface area (TPSA) is 397 Å². The van der Waals surface area contributed by atoms with Gasteiger partial charge in [-0.15, -0.1) is 0 Å². The predicted octanol–water partition coefficient (Wildman–Crippen LogP) is -0.284. The zero-order valence-electron chi connectivity index (χ0n) is 44.3. The quantitative estimate of drug-likeness (QED) is 0.0961. The molecule has 2 saturated heterocycles. The van der Waals surface area contributed by atoms with E-state index in [0.717, 1.165) is 30.1 Å². The Balaban J connectivity index is 1.51. The lowest BCUT2D eigenvalue weighted by Crippen LogP contribution is -2.64. The van der Waals surface area contributed by atoms with Crippen molar-refractivity contribution < 1.29 is 63.3 Å². The lowest BCUT2D eigenvalue weighted by atomic mass is 9.84. The van der Waals surface area contributed by atoms with Gasteiger partial charge in [-0.1, -0.05) is 85.4 Å². The van der Waals surface area contributed by atoms with Crippen molar-refractivity contribution in [2.45, 2.75) is 163 Å². The molecule has 26 heteroatoms. The first-order chi connectivity index (χ1) is 36.9. The SMILES string of the molecule is CCC(C)[C@H]1NC(=O)[C@@](C)(c2ccc(O)cc2)NC(=O)CC2(CCCCC2)SSC[C@H](C(=O)N2CCC[C@@H]2C(=O)N[C@@H](CCCN)C(=O)N[C@H](C(N)=O)c2ccc(O)cc2)NC(=O)[C@@H](CC(N)=O)NC(=O)[C@@H](C(C)O)NC1=O. The number of phenolic OH excluding ortho intramolecular Hbond substituents is 2. The van der Waals surface area contributed by atoms with E-state index >= 15 is 0 Å². The molecule has 10 amide bonds. The first-order valence-electron chi connectivity index (χ1n) is 26.2. The Hall–Kier alpha value is -6.64. The van der Waals surface area contributed by atoms with E-state index in [1.807, 2.05) is 0 Å². The van der Waals surface area contributed by atoms with Crippen LogP contribution in [0.2, 0.25) is 0 Å². The Morgan fingerprint density at radius 2 is 1.45 bits per heavy atom. The van der Waals surface area contributed by atoms with Crippen LogP contribution in [-0.4, -0.2) is 145 Å². The number of carbonyl (C=O) groups is 10. The fraction of sp³-hybridized carbons (Fsp3) is 0.577. The van der Waals surface area contributed by atoms with Crippen molar-refractivity contribution in [1.29, 1.82) is 0 Å². The van der Waals surface area contributed by atoms with Gasteiger partial charge in [0.2, 0.25) is 53.2 Å². The highest BCUT2D eigenvalue weighted by molar-refractivity contribution is 8.77. The van der Waals surface area contributed by atoms with Crippen LogP contribution in [0.15, 0.2) is 48.5 Å². The van der Waals surface area contributed by atoms with Gasteiger partial charge in [0.15, 0.2) is 0 Å². The van der Waals surface area contributed by atoms with E-state index in [0.29, 0.717) is 25.7 Å². The van der Waals surface area contributed by atoms with Crippen LogP contribution in [0.3, 0.4) is 0 Å². The highest BCUT2D eigenvalue weighted by atomic mass is 33.1. The van der Waals surface area contributed by atoms with E-state index in [1.165, 1.54) is 78.1 Å². The van der Waals surface area contributed by atoms with E-state index in [-0.39, 0.29) is 67.2 Å². The van der Waals surface area contributed by atoms with Crippen LogP contribution in [0.4, 0.5) is 0 Å². The van der Waals surface area contributed by atoms with Gasteiger partial charge in [-0.25, -0.2) is 0 Å². The van der Waals surface area contributed by atoms with Crippen LogP contribution in [-0.2, 0) is 53.5 Å². The molecule has 78 heavy (non-hydrogen) atoms. The third-order valence-electron chi connectivity index (χ3n) is 14.5. The van der Waals surface area contributed by atoms with Crippen molar-refractivity contribution >= 4 is 80.7 Å². The van der Waals surface area contributed by atoms with Crippen molar-refractivity contribution in [3.63, 3.8) is 0 Å². The summed E-state index contributed by atoms with van der Waals surface area (Å²) >= 11 is 0. The number of hydrogen-bond acceptors (Lipinski definition) is 16. The lowest BCUT2D eigenvalue weighted by Gasteiger charge is -2.38. The van der Waals surface area contributed by atoms with Gasteiger partial charge in [-0.2, -0.15) is 0 Å². The maximum atomic E-state index is 15.0. The zero-order chi connectivity index (χ0) is 57.5. The second-order valence-corrected chi connectivity index (χ2v) is 23.3. The van der Waals surface area contributed by atoms with Crippen LogP contribution >= 0.6 is 21.6 Å². The number of amides is 10. The number of hydrogen-bond donors (Lipinski definition) is 13. The summed E-state index contributed by atoms with van der Waals surface area (Å²) in [7, 11) is 2.48. The van der Waals surface area contributed by atoms with Crippen molar-refractivity contribution in [2.24, 2.45) is 23.1 Å². The minimum Gasteiger partial charge on any atom is -0.508 e. The minimum atomic E-state index is -1.84. The second kappa shape index (κ2) is 28.3. The summed E-state index contributed by atoms with van der Waals surface area (Å²) in [6, 6.07) is 0.832. The van der Waals surface area contributed by atoms with Crippen molar-refractivity contribution in [1.82, 2.24) is 42.1 Å². The number of likely N-dealkylation sites (tertiary alicyclic amines) is 1. The summed E-state index contributed by atoms with van der Waals surface area (Å²) in [5, 5.41) is 49.4. The molecule has 1 spiro atoms. The molecule has 0 radical (unpaired) electrons. The van der Waals surface area contributed by atoms with Crippen molar-refractivity contribution in [2.75, 3.05) is 18.8 Å². The Morgan fingerprint density at radius 3 is 2.04 bits per heavy atom. The molecule has 16 N–H and O–H groups in total. The molecule has 2 heterocycles. The van der Waals surface area contributed by atoms with Gasteiger partial charge in [0.25, 0.3) is 5.91 Å². The number of carbonyl (C=O) groups excluding carboxylic acids is 10. The van der Waals surface area contributed by atoms with Crippen molar-refractivity contribution in [3.8, 4) is 11.5 Å². The predicted molar refractivity (Wildman–Crippen MR) is 290 cm³/mol. The lowest BCUT2D eigenvalue weighted by molar-refractivity contribution is -0.142. The molecule has 1 aliphatic carbocycles. The smallest absolute Gasteiger partial charge is 0.250 e. The number of nitrogens with one attached hydrogen (secondary N) is 7. The molecule has 3 fully saturated rings. The average Bonchev–Trinajstić information content (AvgIpc) is 3.89. The molecule has 0 bridgehead atoms. The Labute approximate surface area is 460 Å². The number of aliphatic hydroxyl groups excluding tert-OH is 1. The van der Waals surface area contributed by atoms with Gasteiger partial charge in [0, 0.05) is 23.5 Å². The van der Waals surface area contributed by atoms with Crippen LogP contribution in [0, 0.1) is 5.92 Å². The molecular formula is C52H75N11O13S2. The van der Waals surface area contributed by atoms with E-state index in [1.54, 1.807) is 13.8 Å². The normalized spacial score (nSPS) is 25.3. The van der Waals surface area contributed by atoms with Gasteiger partial charge in [-0.3, -0.25) is 47.9 Å². The first-order valence-corrected chi connectivity index (χ1v) is 28.5. The summed E-state index contributed by atoms with van der Waals surface area (Å²) in [5.74, 6) is -9.67. The first kappa shape index (κ1) is 62.2. The Bertz CT molecular complexity index is 2500. The highest BCUT2D eigenvalue weighted by Crippen LogP contribution is 2.48. The monoisotopic (exact) mass is 1130 g/mol. The number of aromatic hydroxyl groups is 2. The van der Waals surface area contributed by atoms with E-state index < -0.39 is 130 Å². The summed E-state index contributed by atoms with van der Waals surface area (Å²) in [4.78, 5) is 141. The number of aliphatic hydroxyl groups is 1.